The van der Waals surface area contributed by atoms with Crippen molar-refractivity contribution in [2.75, 3.05) is 12.4 Å². The van der Waals surface area contributed by atoms with Crippen LogP contribution in [0.4, 0.5) is 5.82 Å². The number of carbonyl (C=O) groups is 1. The van der Waals surface area contributed by atoms with E-state index in [1.54, 1.807) is 6.20 Å². The van der Waals surface area contributed by atoms with Gasteiger partial charge in [-0.15, -0.1) is 0 Å². The highest BCUT2D eigenvalue weighted by Gasteiger charge is 2.36. The number of fused-ring (bicyclic) bond motifs is 1. The van der Waals surface area contributed by atoms with Crippen molar-refractivity contribution in [3.63, 3.8) is 0 Å². The second kappa shape index (κ2) is 5.08. The third kappa shape index (κ3) is 2.04. The Hall–Kier alpha value is -2.44. The number of nitrogens with one attached hydrogen (secondary N) is 2. The predicted octanol–water partition coefficient (Wildman–Crippen LogP) is 1.95. The fraction of sp³-hybridized carbons (Fsp3) is 0.467. The van der Waals surface area contributed by atoms with Crippen LogP contribution in [0.1, 0.15) is 54.5 Å². The Labute approximate surface area is 127 Å². The Morgan fingerprint density at radius 2 is 2.23 bits per heavy atom. The summed E-state index contributed by atoms with van der Waals surface area (Å²) < 4.78 is 5.11. The van der Waals surface area contributed by atoms with Crippen molar-refractivity contribution in [3.8, 4) is 6.01 Å². The molecule has 1 aliphatic carbocycles. The van der Waals surface area contributed by atoms with Gasteiger partial charge in [-0.05, 0) is 18.9 Å². The maximum atomic E-state index is 12.0. The minimum atomic E-state index is -0.102. The van der Waals surface area contributed by atoms with Gasteiger partial charge in [0.25, 0.3) is 0 Å². The highest BCUT2D eigenvalue weighted by atomic mass is 16.5. The number of H-pyrrole nitrogens is 1. The molecule has 1 saturated carbocycles. The van der Waals surface area contributed by atoms with Crippen LogP contribution in [-0.2, 0) is 4.79 Å². The summed E-state index contributed by atoms with van der Waals surface area (Å²) in [5.74, 6) is 1.01. The molecule has 0 saturated heterocycles. The van der Waals surface area contributed by atoms with Crippen LogP contribution >= 0.6 is 0 Å². The van der Waals surface area contributed by atoms with Crippen LogP contribution in [0.2, 0.25) is 0 Å². The zero-order valence-corrected chi connectivity index (χ0v) is 12.3. The molecular weight excluding hydrogens is 282 g/mol. The number of rotatable bonds is 3. The summed E-state index contributed by atoms with van der Waals surface area (Å²) in [6.07, 6.45) is 5.62. The summed E-state index contributed by atoms with van der Waals surface area (Å²) in [5.41, 5.74) is 3.01. The lowest BCUT2D eigenvalue weighted by molar-refractivity contribution is -0.116. The van der Waals surface area contributed by atoms with E-state index in [4.69, 9.17) is 4.74 Å². The van der Waals surface area contributed by atoms with E-state index >= 15 is 0 Å². The smallest absolute Gasteiger partial charge is 0.316 e. The second-order valence-corrected chi connectivity index (χ2v) is 5.80. The molecule has 1 amide bonds. The number of hydrogen-bond acceptors (Lipinski definition) is 5. The minimum Gasteiger partial charge on any atom is -0.467 e. The van der Waals surface area contributed by atoms with E-state index in [9.17, 15) is 4.79 Å². The maximum Gasteiger partial charge on any atom is 0.316 e. The van der Waals surface area contributed by atoms with Crippen molar-refractivity contribution in [1.29, 1.82) is 0 Å². The van der Waals surface area contributed by atoms with Crippen molar-refractivity contribution in [2.24, 2.45) is 0 Å². The molecule has 0 spiro atoms. The Kier molecular flexibility index (Phi) is 3.06. The number of methoxy groups -OCH3 is 1. The molecule has 7 nitrogen and oxygen atoms in total. The van der Waals surface area contributed by atoms with E-state index in [0.29, 0.717) is 24.2 Å². The summed E-state index contributed by atoms with van der Waals surface area (Å²) >= 11 is 0. The van der Waals surface area contributed by atoms with Gasteiger partial charge in [0.2, 0.25) is 5.91 Å². The molecule has 22 heavy (non-hydrogen) atoms. The molecule has 3 heterocycles. The fourth-order valence-electron chi connectivity index (χ4n) is 3.19. The van der Waals surface area contributed by atoms with Crippen molar-refractivity contribution < 1.29 is 9.53 Å². The molecule has 7 heteroatoms. The summed E-state index contributed by atoms with van der Waals surface area (Å²) in [6.45, 7) is 0. The average Bonchev–Trinajstić information content (AvgIpc) is 2.88. The van der Waals surface area contributed by atoms with Crippen LogP contribution in [0.15, 0.2) is 12.3 Å². The van der Waals surface area contributed by atoms with E-state index in [0.717, 1.165) is 17.0 Å². The Morgan fingerprint density at radius 3 is 2.95 bits per heavy atom. The highest BCUT2D eigenvalue weighted by Crippen LogP contribution is 2.45. The maximum absolute atomic E-state index is 12.0. The van der Waals surface area contributed by atoms with Crippen LogP contribution in [0.3, 0.4) is 0 Å². The summed E-state index contributed by atoms with van der Waals surface area (Å²) in [5, 5.41) is 10.3. The first-order valence-electron chi connectivity index (χ1n) is 7.51. The third-order valence-electron chi connectivity index (χ3n) is 4.54. The van der Waals surface area contributed by atoms with Gasteiger partial charge in [0, 0.05) is 35.7 Å². The first-order chi connectivity index (χ1) is 10.8. The number of amides is 1. The Morgan fingerprint density at radius 1 is 1.36 bits per heavy atom. The number of anilines is 1. The van der Waals surface area contributed by atoms with Crippen LogP contribution in [-0.4, -0.2) is 33.2 Å². The molecule has 2 N–H and O–H groups in total. The lowest BCUT2D eigenvalue weighted by Crippen LogP contribution is -2.25. The van der Waals surface area contributed by atoms with E-state index in [-0.39, 0.29) is 11.8 Å². The van der Waals surface area contributed by atoms with Crippen molar-refractivity contribution in [3.05, 3.63) is 29.2 Å². The number of hydrogen-bond donors (Lipinski definition) is 2. The van der Waals surface area contributed by atoms with Gasteiger partial charge in [-0.25, -0.2) is 4.98 Å². The predicted molar refractivity (Wildman–Crippen MR) is 78.9 cm³/mol. The molecule has 1 unspecified atom stereocenters. The van der Waals surface area contributed by atoms with Crippen LogP contribution in [0.5, 0.6) is 6.01 Å². The normalized spacial score (nSPS) is 21.0. The first-order valence-corrected chi connectivity index (χ1v) is 7.51. The topological polar surface area (TPSA) is 92.8 Å². The van der Waals surface area contributed by atoms with Gasteiger partial charge >= 0.3 is 6.01 Å². The molecule has 1 fully saturated rings. The Bertz CT molecular complexity index is 722. The number of nitrogens with zero attached hydrogens (tertiary/aromatic N) is 3. The second-order valence-electron chi connectivity index (χ2n) is 5.80. The molecule has 4 rings (SSSR count). The van der Waals surface area contributed by atoms with E-state index < -0.39 is 0 Å². The van der Waals surface area contributed by atoms with Crippen LogP contribution in [0, 0.1) is 0 Å². The molecule has 2 aromatic heterocycles. The third-order valence-corrected chi connectivity index (χ3v) is 4.54. The molecule has 1 atom stereocenters. The van der Waals surface area contributed by atoms with Crippen LogP contribution < -0.4 is 10.1 Å². The van der Waals surface area contributed by atoms with Gasteiger partial charge in [0.05, 0.1) is 12.8 Å². The molecule has 2 aliphatic rings. The van der Waals surface area contributed by atoms with Gasteiger partial charge < -0.3 is 10.1 Å². The molecule has 2 aromatic rings. The molecule has 0 bridgehead atoms. The molecule has 0 radical (unpaired) electrons. The number of aromatic nitrogens is 4. The van der Waals surface area contributed by atoms with Gasteiger partial charge in [-0.2, -0.15) is 10.1 Å². The fourth-order valence-corrected chi connectivity index (χ4v) is 3.19. The molecular formula is C15H17N5O2. The first kappa shape index (κ1) is 13.2. The average molecular weight is 299 g/mol. The number of aromatic amines is 1. The Balaban J connectivity index is 1.80. The largest absolute Gasteiger partial charge is 0.467 e. The minimum absolute atomic E-state index is 0.0401. The standard InChI is InChI=1S/C15H17N5O2/c1-22-15-16-6-5-10(17-15)9-7-11(21)18-14-12(9)13(19-20-14)8-3-2-4-8/h5-6,8-9H,2-4,7H2,1H3,(H2,18,19,20,21). The summed E-state index contributed by atoms with van der Waals surface area (Å²) in [6, 6.07) is 2.16. The van der Waals surface area contributed by atoms with E-state index in [1.165, 1.54) is 26.4 Å². The van der Waals surface area contributed by atoms with Crippen molar-refractivity contribution in [1.82, 2.24) is 20.2 Å². The number of carbonyl (C=O) groups excluding carboxylic acids is 1. The van der Waals surface area contributed by atoms with Gasteiger partial charge in [-0.3, -0.25) is 9.89 Å². The van der Waals surface area contributed by atoms with Gasteiger partial charge in [-0.1, -0.05) is 6.42 Å². The molecule has 114 valence electrons. The zero-order valence-electron chi connectivity index (χ0n) is 12.3. The summed E-state index contributed by atoms with van der Waals surface area (Å²) in [7, 11) is 1.54. The SMILES string of the molecule is COc1nccc(C2CC(=O)Nc3n[nH]c(C4CCC4)c32)n1. The van der Waals surface area contributed by atoms with Gasteiger partial charge in [0.15, 0.2) is 5.82 Å². The van der Waals surface area contributed by atoms with Crippen LogP contribution in [0.25, 0.3) is 0 Å². The number of ether oxygens (including phenoxy) is 1. The quantitative estimate of drug-likeness (QED) is 0.903. The van der Waals surface area contributed by atoms with Gasteiger partial charge in [0.1, 0.15) is 0 Å². The monoisotopic (exact) mass is 299 g/mol. The summed E-state index contributed by atoms with van der Waals surface area (Å²) in [4.78, 5) is 20.4. The van der Waals surface area contributed by atoms with Crippen molar-refractivity contribution >= 4 is 11.7 Å². The highest BCUT2D eigenvalue weighted by molar-refractivity contribution is 5.94. The molecule has 0 aromatic carbocycles. The van der Waals surface area contributed by atoms with Crippen molar-refractivity contribution in [2.45, 2.75) is 37.5 Å². The lowest BCUT2D eigenvalue weighted by atomic mass is 9.77. The molecule has 1 aliphatic heterocycles. The van der Waals surface area contributed by atoms with E-state index in [1.807, 2.05) is 6.07 Å². The lowest BCUT2D eigenvalue weighted by Gasteiger charge is -2.29. The van der Waals surface area contributed by atoms with E-state index in [2.05, 4.69) is 25.5 Å². The zero-order chi connectivity index (χ0) is 15.1.